The van der Waals surface area contributed by atoms with Crippen molar-refractivity contribution in [2.45, 2.75) is 13.0 Å². The fourth-order valence-electron chi connectivity index (χ4n) is 1.34. The van der Waals surface area contributed by atoms with Crippen LogP contribution in [0.15, 0.2) is 24.3 Å². The topological polar surface area (TPSA) is 95.6 Å². The average Bonchev–Trinajstić information content (AvgIpc) is 2.85. The van der Waals surface area contributed by atoms with Crippen molar-refractivity contribution in [3.05, 3.63) is 35.9 Å². The van der Waals surface area contributed by atoms with Crippen LogP contribution in [0.1, 0.15) is 18.8 Å². The first-order valence-electron chi connectivity index (χ1n) is 5.22. The Labute approximate surface area is 102 Å². The zero-order chi connectivity index (χ0) is 13.0. The number of halogens is 1. The zero-order valence-electron chi connectivity index (χ0n) is 9.51. The third kappa shape index (κ3) is 2.78. The van der Waals surface area contributed by atoms with E-state index in [4.69, 9.17) is 0 Å². The molecule has 8 heteroatoms. The van der Waals surface area contributed by atoms with Crippen molar-refractivity contribution in [3.63, 3.8) is 0 Å². The number of nitrogens with zero attached hydrogens (tertiary/aromatic N) is 3. The van der Waals surface area contributed by atoms with E-state index >= 15 is 0 Å². The fraction of sp³-hybridized carbons (Fsp3) is 0.200. The Balaban J connectivity index is 1.95. The first kappa shape index (κ1) is 12.0. The number of benzene rings is 1. The van der Waals surface area contributed by atoms with Gasteiger partial charge in [-0.15, -0.1) is 10.2 Å². The van der Waals surface area contributed by atoms with Gasteiger partial charge in [0.15, 0.2) is 5.82 Å². The maximum Gasteiger partial charge on any atom is 0.319 e. The number of tetrazole rings is 1. The lowest BCUT2D eigenvalue weighted by Crippen LogP contribution is -2.32. The second kappa shape index (κ2) is 5.21. The molecular formula is C10H11FN6O. The van der Waals surface area contributed by atoms with Crippen molar-refractivity contribution >= 4 is 11.7 Å². The lowest BCUT2D eigenvalue weighted by molar-refractivity contribution is 0.249. The van der Waals surface area contributed by atoms with Crippen LogP contribution in [0.25, 0.3) is 0 Å². The molecule has 0 saturated carbocycles. The van der Waals surface area contributed by atoms with E-state index in [0.29, 0.717) is 5.82 Å². The Kier molecular flexibility index (Phi) is 3.46. The second-order valence-corrected chi connectivity index (χ2v) is 3.57. The molecule has 0 saturated heterocycles. The van der Waals surface area contributed by atoms with E-state index in [9.17, 15) is 9.18 Å². The number of urea groups is 1. The predicted octanol–water partition coefficient (Wildman–Crippen LogP) is 1.22. The predicted molar refractivity (Wildman–Crippen MR) is 61.1 cm³/mol. The van der Waals surface area contributed by atoms with Crippen LogP contribution in [-0.4, -0.2) is 26.7 Å². The summed E-state index contributed by atoms with van der Waals surface area (Å²) in [5, 5.41) is 18.1. The van der Waals surface area contributed by atoms with Crippen LogP contribution in [-0.2, 0) is 0 Å². The van der Waals surface area contributed by atoms with Gasteiger partial charge in [-0.05, 0) is 19.1 Å². The lowest BCUT2D eigenvalue weighted by Gasteiger charge is -2.11. The van der Waals surface area contributed by atoms with Crippen LogP contribution in [0.5, 0.6) is 0 Å². The monoisotopic (exact) mass is 250 g/mol. The fourth-order valence-corrected chi connectivity index (χ4v) is 1.34. The molecule has 18 heavy (non-hydrogen) atoms. The van der Waals surface area contributed by atoms with Gasteiger partial charge in [0.2, 0.25) is 0 Å². The molecule has 0 spiro atoms. The number of para-hydroxylation sites is 1. The number of aromatic amines is 1. The van der Waals surface area contributed by atoms with Crippen molar-refractivity contribution in [2.24, 2.45) is 0 Å². The molecule has 2 amide bonds. The van der Waals surface area contributed by atoms with Crippen molar-refractivity contribution in [1.29, 1.82) is 0 Å². The third-order valence-corrected chi connectivity index (χ3v) is 2.22. The second-order valence-electron chi connectivity index (χ2n) is 3.57. The van der Waals surface area contributed by atoms with Crippen LogP contribution < -0.4 is 10.6 Å². The summed E-state index contributed by atoms with van der Waals surface area (Å²) in [4.78, 5) is 11.6. The molecule has 2 aromatic rings. The van der Waals surface area contributed by atoms with Gasteiger partial charge < -0.3 is 10.6 Å². The average molecular weight is 250 g/mol. The summed E-state index contributed by atoms with van der Waals surface area (Å²) in [6.07, 6.45) is 0. The van der Waals surface area contributed by atoms with Crippen LogP contribution in [0.3, 0.4) is 0 Å². The maximum atomic E-state index is 13.3. The van der Waals surface area contributed by atoms with Crippen LogP contribution in [0, 0.1) is 5.82 Å². The molecule has 94 valence electrons. The largest absolute Gasteiger partial charge is 0.328 e. The number of anilines is 1. The van der Waals surface area contributed by atoms with Crippen LogP contribution in [0.4, 0.5) is 14.9 Å². The minimum atomic E-state index is -0.544. The normalized spacial score (nSPS) is 11.9. The highest BCUT2D eigenvalue weighted by Gasteiger charge is 2.14. The Bertz CT molecular complexity index is 529. The Hall–Kier alpha value is -2.51. The standard InChI is InChI=1S/C10H11FN6O/c1-6(9-14-16-17-15-9)12-10(18)13-8-5-3-2-4-7(8)11/h2-6H,1H3,(H2,12,13,18)(H,14,15,16,17). The van der Waals surface area contributed by atoms with E-state index in [1.807, 2.05) is 0 Å². The number of H-pyrrole nitrogens is 1. The first-order chi connectivity index (χ1) is 8.66. The number of carbonyl (C=O) groups is 1. The first-order valence-corrected chi connectivity index (χ1v) is 5.22. The summed E-state index contributed by atoms with van der Waals surface area (Å²) < 4.78 is 13.3. The smallest absolute Gasteiger partial charge is 0.319 e. The summed E-state index contributed by atoms with van der Waals surface area (Å²) >= 11 is 0. The highest BCUT2D eigenvalue weighted by molar-refractivity contribution is 5.89. The summed E-state index contributed by atoms with van der Waals surface area (Å²) in [6.45, 7) is 1.69. The van der Waals surface area contributed by atoms with E-state index < -0.39 is 17.9 Å². The number of rotatable bonds is 3. The van der Waals surface area contributed by atoms with Gasteiger partial charge in [-0.2, -0.15) is 5.21 Å². The Morgan fingerprint density at radius 1 is 1.44 bits per heavy atom. The van der Waals surface area contributed by atoms with Gasteiger partial charge in [0, 0.05) is 0 Å². The Morgan fingerprint density at radius 3 is 2.89 bits per heavy atom. The van der Waals surface area contributed by atoms with Gasteiger partial charge >= 0.3 is 6.03 Å². The molecule has 0 aliphatic heterocycles. The van der Waals surface area contributed by atoms with Crippen molar-refractivity contribution in [2.75, 3.05) is 5.32 Å². The lowest BCUT2D eigenvalue weighted by atomic mass is 10.3. The molecule has 1 unspecified atom stereocenters. The molecule has 0 aliphatic carbocycles. The van der Waals surface area contributed by atoms with Gasteiger partial charge in [-0.3, -0.25) is 0 Å². The summed E-state index contributed by atoms with van der Waals surface area (Å²) in [5.74, 6) is -0.154. The summed E-state index contributed by atoms with van der Waals surface area (Å²) in [7, 11) is 0. The van der Waals surface area contributed by atoms with Gasteiger partial charge in [-0.1, -0.05) is 17.3 Å². The molecule has 0 fully saturated rings. The van der Waals surface area contributed by atoms with Crippen LogP contribution >= 0.6 is 0 Å². The quantitative estimate of drug-likeness (QED) is 0.763. The molecule has 1 heterocycles. The zero-order valence-corrected chi connectivity index (χ0v) is 9.51. The minimum Gasteiger partial charge on any atom is -0.328 e. The molecular weight excluding hydrogens is 239 g/mol. The molecule has 7 nitrogen and oxygen atoms in total. The molecule has 1 atom stereocenters. The molecule has 2 rings (SSSR count). The SMILES string of the molecule is CC(NC(=O)Nc1ccccc1F)c1nn[nH]n1. The number of hydrogen-bond donors (Lipinski definition) is 3. The van der Waals surface area contributed by atoms with E-state index in [1.54, 1.807) is 19.1 Å². The number of nitrogens with one attached hydrogen (secondary N) is 3. The van der Waals surface area contributed by atoms with Gasteiger partial charge in [0.25, 0.3) is 0 Å². The number of carbonyl (C=O) groups excluding carboxylic acids is 1. The molecule has 1 aromatic heterocycles. The summed E-state index contributed by atoms with van der Waals surface area (Å²) in [5.41, 5.74) is 0.107. The molecule has 0 radical (unpaired) electrons. The van der Waals surface area contributed by atoms with Crippen molar-refractivity contribution < 1.29 is 9.18 Å². The van der Waals surface area contributed by atoms with Gasteiger partial charge in [0.05, 0.1) is 11.7 Å². The molecule has 0 aliphatic rings. The number of amides is 2. The van der Waals surface area contributed by atoms with Crippen LogP contribution in [0.2, 0.25) is 0 Å². The number of aromatic nitrogens is 4. The molecule has 3 N–H and O–H groups in total. The molecule has 1 aromatic carbocycles. The van der Waals surface area contributed by atoms with Crippen molar-refractivity contribution in [3.8, 4) is 0 Å². The summed E-state index contributed by atoms with van der Waals surface area (Å²) in [6, 6.07) is 4.92. The van der Waals surface area contributed by atoms with E-state index in [0.717, 1.165) is 0 Å². The van der Waals surface area contributed by atoms with Gasteiger partial charge in [-0.25, -0.2) is 9.18 Å². The van der Waals surface area contributed by atoms with Gasteiger partial charge in [0.1, 0.15) is 5.82 Å². The van der Waals surface area contributed by atoms with E-state index in [-0.39, 0.29) is 5.69 Å². The third-order valence-electron chi connectivity index (χ3n) is 2.22. The maximum absolute atomic E-state index is 13.3. The highest BCUT2D eigenvalue weighted by Crippen LogP contribution is 2.12. The van der Waals surface area contributed by atoms with E-state index in [1.165, 1.54) is 12.1 Å². The molecule has 0 bridgehead atoms. The van der Waals surface area contributed by atoms with Crippen molar-refractivity contribution in [1.82, 2.24) is 25.9 Å². The highest BCUT2D eigenvalue weighted by atomic mass is 19.1. The van der Waals surface area contributed by atoms with E-state index in [2.05, 4.69) is 31.3 Å². The minimum absolute atomic E-state index is 0.107. The number of hydrogen-bond acceptors (Lipinski definition) is 4. The Morgan fingerprint density at radius 2 is 2.22 bits per heavy atom.